The van der Waals surface area contributed by atoms with E-state index < -0.39 is 0 Å². The summed E-state index contributed by atoms with van der Waals surface area (Å²) < 4.78 is 13.4. The molecule has 0 aromatic heterocycles. The van der Waals surface area contributed by atoms with Gasteiger partial charge in [-0.3, -0.25) is 0 Å². The van der Waals surface area contributed by atoms with Gasteiger partial charge in [-0.2, -0.15) is 0 Å². The monoisotopic (exact) mass is 285 g/mol. The van der Waals surface area contributed by atoms with Crippen molar-refractivity contribution in [1.82, 2.24) is 5.32 Å². The van der Waals surface area contributed by atoms with Crippen molar-refractivity contribution >= 4 is 0 Å². The lowest BCUT2D eigenvalue weighted by Gasteiger charge is -2.19. The number of hydrogen-bond acceptors (Lipinski definition) is 1. The summed E-state index contributed by atoms with van der Waals surface area (Å²) in [6.07, 6.45) is 3.06. The highest BCUT2D eigenvalue weighted by Gasteiger charge is 2.11. The Labute approximate surface area is 127 Å². The van der Waals surface area contributed by atoms with Crippen LogP contribution in [0.4, 0.5) is 4.39 Å². The van der Waals surface area contributed by atoms with E-state index in [1.165, 1.54) is 17.2 Å². The molecule has 0 aliphatic rings. The Kier molecular flexibility index (Phi) is 5.94. The second-order valence-corrected chi connectivity index (χ2v) is 5.59. The normalized spacial score (nSPS) is 12.3. The first kappa shape index (κ1) is 15.7. The summed E-state index contributed by atoms with van der Waals surface area (Å²) >= 11 is 0. The van der Waals surface area contributed by atoms with E-state index >= 15 is 0 Å². The molecule has 2 aromatic rings. The minimum atomic E-state index is -0.161. The van der Waals surface area contributed by atoms with Crippen molar-refractivity contribution in [2.45, 2.75) is 39.2 Å². The molecule has 2 heteroatoms. The Morgan fingerprint density at radius 3 is 2.52 bits per heavy atom. The highest BCUT2D eigenvalue weighted by atomic mass is 19.1. The lowest BCUT2D eigenvalue weighted by Crippen LogP contribution is -2.22. The SMILES string of the molecule is CCCNC(CCc1ccc(C)cc1)c1cccc(F)c1. The van der Waals surface area contributed by atoms with Crippen LogP contribution in [0.5, 0.6) is 0 Å². The van der Waals surface area contributed by atoms with Crippen molar-refractivity contribution in [2.24, 2.45) is 0 Å². The van der Waals surface area contributed by atoms with Crippen LogP contribution >= 0.6 is 0 Å². The van der Waals surface area contributed by atoms with E-state index in [1.54, 1.807) is 12.1 Å². The van der Waals surface area contributed by atoms with Crippen LogP contribution in [0.15, 0.2) is 48.5 Å². The molecule has 0 radical (unpaired) electrons. The van der Waals surface area contributed by atoms with E-state index in [0.717, 1.165) is 31.4 Å². The molecular formula is C19H24FN. The molecule has 2 aromatic carbocycles. The Bertz CT molecular complexity index is 548. The van der Waals surface area contributed by atoms with Gasteiger partial charge >= 0.3 is 0 Å². The standard InChI is InChI=1S/C19H24FN/c1-3-13-21-19(17-5-4-6-18(20)14-17)12-11-16-9-7-15(2)8-10-16/h4-10,14,19,21H,3,11-13H2,1-2H3. The number of aryl methyl sites for hydroxylation is 2. The van der Waals surface area contributed by atoms with Gasteiger partial charge in [-0.1, -0.05) is 48.9 Å². The summed E-state index contributed by atoms with van der Waals surface area (Å²) in [5, 5.41) is 3.53. The maximum atomic E-state index is 13.4. The average molecular weight is 285 g/mol. The molecule has 112 valence electrons. The van der Waals surface area contributed by atoms with Gasteiger partial charge in [0.25, 0.3) is 0 Å². The highest BCUT2D eigenvalue weighted by Crippen LogP contribution is 2.20. The van der Waals surface area contributed by atoms with Crippen molar-refractivity contribution in [3.05, 3.63) is 71.0 Å². The molecule has 1 N–H and O–H groups in total. The van der Waals surface area contributed by atoms with Crippen LogP contribution in [-0.4, -0.2) is 6.54 Å². The first-order chi connectivity index (χ1) is 10.2. The Hall–Kier alpha value is -1.67. The number of benzene rings is 2. The quantitative estimate of drug-likeness (QED) is 0.770. The fourth-order valence-electron chi connectivity index (χ4n) is 2.49. The van der Waals surface area contributed by atoms with E-state index in [1.807, 2.05) is 6.07 Å². The molecule has 0 bridgehead atoms. The third kappa shape index (κ3) is 4.98. The molecule has 1 unspecified atom stereocenters. The van der Waals surface area contributed by atoms with Crippen molar-refractivity contribution in [1.29, 1.82) is 0 Å². The molecule has 0 amide bonds. The topological polar surface area (TPSA) is 12.0 Å². The third-order valence-corrected chi connectivity index (χ3v) is 3.73. The zero-order chi connectivity index (χ0) is 15.1. The smallest absolute Gasteiger partial charge is 0.123 e. The fraction of sp³-hybridized carbons (Fsp3) is 0.368. The summed E-state index contributed by atoms with van der Waals surface area (Å²) in [5.41, 5.74) is 3.65. The second kappa shape index (κ2) is 7.94. The van der Waals surface area contributed by atoms with Crippen LogP contribution in [0.3, 0.4) is 0 Å². The molecular weight excluding hydrogens is 261 g/mol. The number of rotatable bonds is 7. The Morgan fingerprint density at radius 1 is 1.10 bits per heavy atom. The molecule has 21 heavy (non-hydrogen) atoms. The van der Waals surface area contributed by atoms with E-state index in [4.69, 9.17) is 0 Å². The van der Waals surface area contributed by atoms with Gasteiger partial charge in [0.2, 0.25) is 0 Å². The van der Waals surface area contributed by atoms with Crippen molar-refractivity contribution < 1.29 is 4.39 Å². The lowest BCUT2D eigenvalue weighted by atomic mass is 9.98. The van der Waals surface area contributed by atoms with E-state index in [-0.39, 0.29) is 11.9 Å². The number of halogens is 1. The average Bonchev–Trinajstić information content (AvgIpc) is 2.49. The second-order valence-electron chi connectivity index (χ2n) is 5.59. The van der Waals surface area contributed by atoms with Gasteiger partial charge in [0.05, 0.1) is 0 Å². The highest BCUT2D eigenvalue weighted by molar-refractivity contribution is 5.23. The zero-order valence-electron chi connectivity index (χ0n) is 12.9. The zero-order valence-corrected chi connectivity index (χ0v) is 12.9. The van der Waals surface area contributed by atoms with E-state index in [2.05, 4.69) is 43.4 Å². The summed E-state index contributed by atoms with van der Waals surface area (Å²) in [5.74, 6) is -0.161. The van der Waals surface area contributed by atoms with Crippen LogP contribution in [0.2, 0.25) is 0 Å². The molecule has 0 aliphatic carbocycles. The minimum Gasteiger partial charge on any atom is -0.310 e. The lowest BCUT2D eigenvalue weighted by molar-refractivity contribution is 0.496. The van der Waals surface area contributed by atoms with Crippen LogP contribution < -0.4 is 5.32 Å². The van der Waals surface area contributed by atoms with E-state index in [0.29, 0.717) is 0 Å². The maximum absolute atomic E-state index is 13.4. The predicted molar refractivity (Wildman–Crippen MR) is 86.9 cm³/mol. The summed E-state index contributed by atoms with van der Waals surface area (Å²) in [4.78, 5) is 0. The molecule has 0 saturated heterocycles. The predicted octanol–water partition coefficient (Wildman–Crippen LogP) is 4.81. The molecule has 0 saturated carbocycles. The molecule has 0 heterocycles. The number of nitrogens with one attached hydrogen (secondary N) is 1. The molecule has 0 fully saturated rings. The van der Waals surface area contributed by atoms with Crippen LogP contribution in [0.25, 0.3) is 0 Å². The maximum Gasteiger partial charge on any atom is 0.123 e. The minimum absolute atomic E-state index is 0.161. The van der Waals surface area contributed by atoms with Gasteiger partial charge in [-0.15, -0.1) is 0 Å². The van der Waals surface area contributed by atoms with Gasteiger partial charge < -0.3 is 5.32 Å². The van der Waals surface area contributed by atoms with E-state index in [9.17, 15) is 4.39 Å². The Balaban J connectivity index is 2.04. The van der Waals surface area contributed by atoms with Gasteiger partial charge in [-0.05, 0) is 56.0 Å². The van der Waals surface area contributed by atoms with Crippen LogP contribution in [-0.2, 0) is 6.42 Å². The number of hydrogen-bond donors (Lipinski definition) is 1. The van der Waals surface area contributed by atoms with Gasteiger partial charge in [0.1, 0.15) is 5.82 Å². The van der Waals surface area contributed by atoms with Crippen molar-refractivity contribution in [3.8, 4) is 0 Å². The van der Waals surface area contributed by atoms with Crippen molar-refractivity contribution in [2.75, 3.05) is 6.54 Å². The van der Waals surface area contributed by atoms with Gasteiger partial charge in [0.15, 0.2) is 0 Å². The largest absolute Gasteiger partial charge is 0.310 e. The molecule has 0 aliphatic heterocycles. The fourth-order valence-corrected chi connectivity index (χ4v) is 2.49. The molecule has 2 rings (SSSR count). The van der Waals surface area contributed by atoms with Gasteiger partial charge in [-0.25, -0.2) is 4.39 Å². The first-order valence-corrected chi connectivity index (χ1v) is 7.73. The summed E-state index contributed by atoms with van der Waals surface area (Å²) in [6.45, 7) is 5.20. The Morgan fingerprint density at radius 2 is 1.86 bits per heavy atom. The van der Waals surface area contributed by atoms with Crippen LogP contribution in [0, 0.1) is 12.7 Å². The van der Waals surface area contributed by atoms with Crippen molar-refractivity contribution in [3.63, 3.8) is 0 Å². The third-order valence-electron chi connectivity index (χ3n) is 3.73. The molecule has 1 nitrogen and oxygen atoms in total. The van der Waals surface area contributed by atoms with Gasteiger partial charge in [0, 0.05) is 6.04 Å². The molecule has 0 spiro atoms. The summed E-state index contributed by atoms with van der Waals surface area (Å²) in [7, 11) is 0. The van der Waals surface area contributed by atoms with Crippen LogP contribution in [0.1, 0.15) is 42.5 Å². The molecule has 1 atom stereocenters. The summed E-state index contributed by atoms with van der Waals surface area (Å²) in [6, 6.07) is 15.8. The first-order valence-electron chi connectivity index (χ1n) is 7.73.